The Morgan fingerprint density at radius 3 is 2.69 bits per heavy atom. The van der Waals surface area contributed by atoms with Crippen molar-refractivity contribution in [3.05, 3.63) is 60.0 Å². The number of hydrogen-bond acceptors (Lipinski definition) is 7. The molecule has 7 nitrogen and oxygen atoms in total. The van der Waals surface area contributed by atoms with Crippen LogP contribution in [0.4, 0.5) is 5.69 Å². The summed E-state index contributed by atoms with van der Waals surface area (Å²) in [5.41, 5.74) is 1.64. The highest BCUT2D eigenvalue weighted by Gasteiger charge is 2.15. The first kappa shape index (κ1) is 16.1. The average molecular weight is 363 g/mol. The van der Waals surface area contributed by atoms with Crippen LogP contribution in [-0.4, -0.2) is 33.0 Å². The number of anilines is 1. The number of ether oxygens (including phenoxy) is 1. The van der Waals surface area contributed by atoms with Gasteiger partial charge in [-0.05, 0) is 30.3 Å². The number of benzene rings is 1. The third-order valence-electron chi connectivity index (χ3n) is 3.69. The van der Waals surface area contributed by atoms with E-state index in [-0.39, 0.29) is 5.91 Å². The maximum Gasteiger partial charge on any atom is 0.275 e. The molecule has 1 amide bonds. The van der Waals surface area contributed by atoms with E-state index in [1.165, 1.54) is 11.3 Å². The molecule has 1 N–H and O–H groups in total. The zero-order valence-corrected chi connectivity index (χ0v) is 14.5. The van der Waals surface area contributed by atoms with Crippen molar-refractivity contribution >= 4 is 33.8 Å². The fourth-order valence-corrected chi connectivity index (χ4v) is 3.24. The standard InChI is InChI=1S/C18H13N5O2S/c1-25-14-6-5-12(11-4-2-7-19-15(11)14)22-17(24)13-10-26-18(23-13)16-20-8-3-9-21-16/h2-10H,1H3,(H,22,24). The van der Waals surface area contributed by atoms with Gasteiger partial charge in [-0.3, -0.25) is 9.78 Å². The van der Waals surface area contributed by atoms with Gasteiger partial charge >= 0.3 is 0 Å². The van der Waals surface area contributed by atoms with E-state index in [1.54, 1.807) is 49.3 Å². The summed E-state index contributed by atoms with van der Waals surface area (Å²) in [6.07, 6.45) is 4.96. The number of carbonyl (C=O) groups is 1. The largest absolute Gasteiger partial charge is 0.494 e. The molecular formula is C18H13N5O2S. The van der Waals surface area contributed by atoms with E-state index < -0.39 is 0 Å². The monoisotopic (exact) mass is 363 g/mol. The summed E-state index contributed by atoms with van der Waals surface area (Å²) < 4.78 is 5.32. The lowest BCUT2D eigenvalue weighted by molar-refractivity contribution is 0.102. The molecule has 3 aromatic heterocycles. The molecule has 0 saturated carbocycles. The zero-order chi connectivity index (χ0) is 17.9. The van der Waals surface area contributed by atoms with Gasteiger partial charge in [-0.2, -0.15) is 0 Å². The van der Waals surface area contributed by atoms with Gasteiger partial charge in [-0.15, -0.1) is 11.3 Å². The molecule has 0 bridgehead atoms. The number of thiazole rings is 1. The highest BCUT2D eigenvalue weighted by Crippen LogP contribution is 2.30. The van der Waals surface area contributed by atoms with Gasteiger partial charge in [0.15, 0.2) is 10.8 Å². The predicted molar refractivity (Wildman–Crippen MR) is 99.4 cm³/mol. The summed E-state index contributed by atoms with van der Waals surface area (Å²) in [5, 5.41) is 5.96. The molecule has 0 aliphatic heterocycles. The molecule has 0 radical (unpaired) electrons. The molecule has 4 aromatic rings. The van der Waals surface area contributed by atoms with Gasteiger partial charge in [0.2, 0.25) is 0 Å². The third-order valence-corrected chi connectivity index (χ3v) is 4.53. The number of fused-ring (bicyclic) bond motifs is 1. The number of nitrogens with one attached hydrogen (secondary N) is 1. The minimum absolute atomic E-state index is 0.307. The second kappa shape index (κ2) is 6.85. The van der Waals surface area contributed by atoms with Gasteiger partial charge in [0.05, 0.1) is 12.8 Å². The molecular weight excluding hydrogens is 350 g/mol. The Kier molecular flexibility index (Phi) is 4.24. The molecule has 0 spiro atoms. The van der Waals surface area contributed by atoms with Crippen LogP contribution in [0, 0.1) is 0 Å². The van der Waals surface area contributed by atoms with E-state index in [1.807, 2.05) is 12.1 Å². The summed E-state index contributed by atoms with van der Waals surface area (Å²) in [4.78, 5) is 29.6. The van der Waals surface area contributed by atoms with Crippen LogP contribution < -0.4 is 10.1 Å². The number of carbonyl (C=O) groups excluding carboxylic acids is 1. The molecule has 4 rings (SSSR count). The Hall–Kier alpha value is -3.39. The van der Waals surface area contributed by atoms with Crippen LogP contribution in [0.3, 0.4) is 0 Å². The predicted octanol–water partition coefficient (Wildman–Crippen LogP) is 3.41. The van der Waals surface area contributed by atoms with Crippen LogP contribution in [0.25, 0.3) is 21.7 Å². The molecule has 0 fully saturated rings. The number of pyridine rings is 1. The fraction of sp³-hybridized carbons (Fsp3) is 0.0556. The first-order valence-corrected chi connectivity index (χ1v) is 8.60. The van der Waals surface area contributed by atoms with Crippen LogP contribution in [-0.2, 0) is 0 Å². The highest BCUT2D eigenvalue weighted by molar-refractivity contribution is 7.13. The molecule has 0 unspecified atom stereocenters. The molecule has 0 aliphatic carbocycles. The number of rotatable bonds is 4. The average Bonchev–Trinajstić information content (AvgIpc) is 3.19. The van der Waals surface area contributed by atoms with Gasteiger partial charge in [-0.1, -0.05) is 0 Å². The Balaban J connectivity index is 1.63. The van der Waals surface area contributed by atoms with Crippen LogP contribution in [0.2, 0.25) is 0 Å². The Labute approximate surface area is 152 Å². The maximum absolute atomic E-state index is 12.6. The van der Waals surface area contributed by atoms with Crippen molar-refractivity contribution in [2.24, 2.45) is 0 Å². The molecule has 8 heteroatoms. The lowest BCUT2D eigenvalue weighted by Gasteiger charge is -2.10. The van der Waals surface area contributed by atoms with Crippen LogP contribution >= 0.6 is 11.3 Å². The fourth-order valence-electron chi connectivity index (χ4n) is 2.50. The van der Waals surface area contributed by atoms with Crippen molar-refractivity contribution in [3.63, 3.8) is 0 Å². The summed E-state index contributed by atoms with van der Waals surface area (Å²) in [5.74, 6) is 0.838. The zero-order valence-electron chi connectivity index (χ0n) is 13.7. The number of methoxy groups -OCH3 is 1. The van der Waals surface area contributed by atoms with E-state index in [0.29, 0.717) is 33.5 Å². The summed E-state index contributed by atoms with van der Waals surface area (Å²) in [6.45, 7) is 0. The normalized spacial score (nSPS) is 10.7. The van der Waals surface area contributed by atoms with E-state index in [2.05, 4.69) is 25.3 Å². The van der Waals surface area contributed by atoms with Crippen molar-refractivity contribution < 1.29 is 9.53 Å². The van der Waals surface area contributed by atoms with Gasteiger partial charge in [-0.25, -0.2) is 15.0 Å². The SMILES string of the molecule is COc1ccc(NC(=O)c2csc(-c3ncccn3)n2)c2cccnc12. The molecule has 3 heterocycles. The second-order valence-corrected chi connectivity index (χ2v) is 6.14. The van der Waals surface area contributed by atoms with Gasteiger partial charge in [0.25, 0.3) is 5.91 Å². The first-order chi connectivity index (χ1) is 12.8. The number of aromatic nitrogens is 4. The van der Waals surface area contributed by atoms with Crippen LogP contribution in [0.15, 0.2) is 54.3 Å². The van der Waals surface area contributed by atoms with Crippen LogP contribution in [0.1, 0.15) is 10.5 Å². The third kappa shape index (κ3) is 2.98. The topological polar surface area (TPSA) is 89.9 Å². The number of nitrogens with zero attached hydrogens (tertiary/aromatic N) is 4. The first-order valence-electron chi connectivity index (χ1n) is 7.72. The molecule has 1 aromatic carbocycles. The van der Waals surface area contributed by atoms with Crippen LogP contribution in [0.5, 0.6) is 5.75 Å². The lowest BCUT2D eigenvalue weighted by Crippen LogP contribution is -2.12. The Morgan fingerprint density at radius 1 is 1.08 bits per heavy atom. The Bertz CT molecular complexity index is 1080. The number of amides is 1. The Morgan fingerprint density at radius 2 is 1.88 bits per heavy atom. The minimum Gasteiger partial charge on any atom is -0.494 e. The molecule has 128 valence electrons. The van der Waals surface area contributed by atoms with Crippen molar-refractivity contribution in [1.82, 2.24) is 19.9 Å². The molecule has 0 aliphatic rings. The molecule has 0 atom stereocenters. The minimum atomic E-state index is -0.307. The highest BCUT2D eigenvalue weighted by atomic mass is 32.1. The van der Waals surface area contributed by atoms with E-state index in [4.69, 9.17) is 4.74 Å². The van der Waals surface area contributed by atoms with E-state index >= 15 is 0 Å². The van der Waals surface area contributed by atoms with Crippen molar-refractivity contribution in [1.29, 1.82) is 0 Å². The lowest BCUT2D eigenvalue weighted by atomic mass is 10.1. The van der Waals surface area contributed by atoms with Gasteiger partial charge < -0.3 is 10.1 Å². The molecule has 0 saturated heterocycles. The van der Waals surface area contributed by atoms with E-state index in [9.17, 15) is 4.79 Å². The maximum atomic E-state index is 12.6. The van der Waals surface area contributed by atoms with Crippen molar-refractivity contribution in [2.75, 3.05) is 12.4 Å². The summed E-state index contributed by atoms with van der Waals surface area (Å²) in [7, 11) is 1.59. The number of hydrogen-bond donors (Lipinski definition) is 1. The van der Waals surface area contributed by atoms with E-state index in [0.717, 1.165) is 5.39 Å². The molecule has 26 heavy (non-hydrogen) atoms. The summed E-state index contributed by atoms with van der Waals surface area (Å²) in [6, 6.07) is 8.98. The quantitative estimate of drug-likeness (QED) is 0.598. The van der Waals surface area contributed by atoms with Crippen molar-refractivity contribution in [2.45, 2.75) is 0 Å². The smallest absolute Gasteiger partial charge is 0.275 e. The van der Waals surface area contributed by atoms with Gasteiger partial charge in [0, 0.05) is 29.4 Å². The second-order valence-electron chi connectivity index (χ2n) is 5.28. The van der Waals surface area contributed by atoms with Crippen molar-refractivity contribution in [3.8, 4) is 16.6 Å². The summed E-state index contributed by atoms with van der Waals surface area (Å²) >= 11 is 1.32. The van der Waals surface area contributed by atoms with Gasteiger partial charge in [0.1, 0.15) is 17.0 Å².